The fraction of sp³-hybridized carbons (Fsp3) is 0.200. The molecule has 0 saturated carbocycles. The molecular weight excluding hydrogens is 263 g/mol. The molecule has 1 aliphatic carbocycles. The van der Waals surface area contributed by atoms with Crippen molar-refractivity contribution in [3.63, 3.8) is 0 Å². The zero-order valence-corrected chi connectivity index (χ0v) is 10.6. The van der Waals surface area contributed by atoms with E-state index >= 15 is 0 Å². The maximum absolute atomic E-state index is 11.1. The Morgan fingerprint density at radius 3 is 2.80 bits per heavy atom. The van der Waals surface area contributed by atoms with Crippen LogP contribution in [0.15, 0.2) is 36.9 Å². The van der Waals surface area contributed by atoms with Crippen LogP contribution in [0.5, 0.6) is 0 Å². The fourth-order valence-electron chi connectivity index (χ4n) is 2.61. The van der Waals surface area contributed by atoms with Gasteiger partial charge in [-0.1, -0.05) is 6.07 Å². The SMILES string of the molecule is CC1=C(n2ccnc2)CCc2ccc(C(=O)O)cc21.[NaH]. The number of imidazole rings is 1. The number of nitrogens with zero attached hydrogens (tertiary/aromatic N) is 2. The van der Waals surface area contributed by atoms with E-state index in [1.54, 1.807) is 24.7 Å². The molecule has 0 saturated heterocycles. The van der Waals surface area contributed by atoms with Gasteiger partial charge in [0.05, 0.1) is 11.9 Å². The number of fused-ring (bicyclic) bond motifs is 1. The Balaban J connectivity index is 0.00000147. The van der Waals surface area contributed by atoms with Gasteiger partial charge in [-0.25, -0.2) is 9.78 Å². The standard InChI is InChI=1S/C15H14N2O2.Na.H/c1-10-13-8-12(15(18)19)3-2-11(13)4-5-14(10)17-7-6-16-9-17;;/h2-3,6-9H,4-5H2,1H3,(H,18,19);;. The van der Waals surface area contributed by atoms with Crippen LogP contribution in [0.2, 0.25) is 0 Å². The van der Waals surface area contributed by atoms with E-state index in [1.807, 2.05) is 23.8 Å². The molecule has 3 rings (SSSR count). The number of aromatic carboxylic acids is 1. The Kier molecular flexibility index (Phi) is 4.48. The third-order valence-electron chi connectivity index (χ3n) is 3.64. The molecular formula is C15H15N2NaO2. The van der Waals surface area contributed by atoms with Gasteiger partial charge in [0.25, 0.3) is 0 Å². The van der Waals surface area contributed by atoms with Gasteiger partial charge in [0.1, 0.15) is 0 Å². The molecule has 1 aromatic heterocycles. The predicted molar refractivity (Wildman–Crippen MR) is 79.9 cm³/mol. The molecule has 1 N–H and O–H groups in total. The number of aryl methyl sites for hydroxylation is 1. The summed E-state index contributed by atoms with van der Waals surface area (Å²) in [6, 6.07) is 5.37. The molecule has 0 atom stereocenters. The third kappa shape index (κ3) is 2.59. The van der Waals surface area contributed by atoms with Crippen molar-refractivity contribution in [1.29, 1.82) is 0 Å². The minimum atomic E-state index is -0.884. The van der Waals surface area contributed by atoms with Crippen LogP contribution in [-0.4, -0.2) is 50.2 Å². The Morgan fingerprint density at radius 2 is 2.15 bits per heavy atom. The summed E-state index contributed by atoms with van der Waals surface area (Å²) in [6.07, 6.45) is 7.33. The third-order valence-corrected chi connectivity index (χ3v) is 3.64. The molecule has 0 bridgehead atoms. The van der Waals surface area contributed by atoms with E-state index in [9.17, 15) is 4.79 Å². The average molecular weight is 278 g/mol. The Morgan fingerprint density at radius 1 is 1.35 bits per heavy atom. The summed E-state index contributed by atoms with van der Waals surface area (Å²) in [6.45, 7) is 2.04. The first-order valence-corrected chi connectivity index (χ1v) is 6.21. The number of allylic oxidation sites excluding steroid dienone is 2. The summed E-state index contributed by atoms with van der Waals surface area (Å²) < 4.78 is 2.01. The summed E-state index contributed by atoms with van der Waals surface area (Å²) in [4.78, 5) is 15.1. The summed E-state index contributed by atoms with van der Waals surface area (Å²) >= 11 is 0. The van der Waals surface area contributed by atoms with Crippen LogP contribution in [0, 0.1) is 0 Å². The van der Waals surface area contributed by atoms with E-state index < -0.39 is 5.97 Å². The fourth-order valence-corrected chi connectivity index (χ4v) is 2.61. The molecule has 1 aromatic carbocycles. The van der Waals surface area contributed by atoms with Crippen LogP contribution in [0.1, 0.15) is 34.8 Å². The normalized spacial score (nSPS) is 13.7. The quantitative estimate of drug-likeness (QED) is 0.857. The topological polar surface area (TPSA) is 55.1 Å². The van der Waals surface area contributed by atoms with Crippen molar-refractivity contribution >= 4 is 46.8 Å². The zero-order chi connectivity index (χ0) is 13.4. The first kappa shape index (κ1) is 15.0. The first-order chi connectivity index (χ1) is 9.16. The van der Waals surface area contributed by atoms with Crippen molar-refractivity contribution < 1.29 is 9.90 Å². The van der Waals surface area contributed by atoms with Crippen molar-refractivity contribution in [2.24, 2.45) is 0 Å². The predicted octanol–water partition coefficient (Wildman–Crippen LogP) is 2.27. The molecule has 2 aromatic rings. The van der Waals surface area contributed by atoms with E-state index in [2.05, 4.69) is 4.98 Å². The van der Waals surface area contributed by atoms with E-state index in [0.29, 0.717) is 5.56 Å². The molecule has 0 aliphatic heterocycles. The Labute approximate surface area is 139 Å². The van der Waals surface area contributed by atoms with Gasteiger partial charge in [0.2, 0.25) is 0 Å². The van der Waals surface area contributed by atoms with Gasteiger partial charge in [0, 0.05) is 18.1 Å². The van der Waals surface area contributed by atoms with Crippen LogP contribution in [-0.2, 0) is 6.42 Å². The summed E-state index contributed by atoms with van der Waals surface area (Å²) in [5.74, 6) is -0.884. The number of benzene rings is 1. The Bertz CT molecular complexity index is 675. The van der Waals surface area contributed by atoms with Gasteiger partial charge in [-0.3, -0.25) is 0 Å². The molecule has 0 unspecified atom stereocenters. The van der Waals surface area contributed by atoms with Gasteiger partial charge < -0.3 is 9.67 Å². The van der Waals surface area contributed by atoms with Crippen LogP contribution in [0.3, 0.4) is 0 Å². The van der Waals surface area contributed by atoms with Gasteiger partial charge in [-0.15, -0.1) is 0 Å². The maximum atomic E-state index is 11.1. The second-order valence-electron chi connectivity index (χ2n) is 4.72. The second kappa shape index (κ2) is 5.95. The molecule has 0 amide bonds. The summed E-state index contributed by atoms with van der Waals surface area (Å²) in [5, 5.41) is 9.09. The molecule has 4 nitrogen and oxygen atoms in total. The molecule has 20 heavy (non-hydrogen) atoms. The van der Waals surface area contributed by atoms with Crippen LogP contribution < -0.4 is 0 Å². The monoisotopic (exact) mass is 278 g/mol. The van der Waals surface area contributed by atoms with Crippen LogP contribution >= 0.6 is 0 Å². The molecule has 1 heterocycles. The Hall–Kier alpha value is -1.36. The molecule has 98 valence electrons. The van der Waals surface area contributed by atoms with E-state index in [-0.39, 0.29) is 29.6 Å². The number of aromatic nitrogens is 2. The second-order valence-corrected chi connectivity index (χ2v) is 4.72. The van der Waals surface area contributed by atoms with Gasteiger partial charge >= 0.3 is 35.5 Å². The summed E-state index contributed by atoms with van der Waals surface area (Å²) in [7, 11) is 0. The van der Waals surface area contributed by atoms with E-state index in [1.165, 1.54) is 11.3 Å². The van der Waals surface area contributed by atoms with Crippen molar-refractivity contribution in [2.45, 2.75) is 19.8 Å². The van der Waals surface area contributed by atoms with Crippen molar-refractivity contribution in [1.82, 2.24) is 9.55 Å². The number of carboxylic acid groups (broad SMARTS) is 1. The average Bonchev–Trinajstić information content (AvgIpc) is 2.92. The van der Waals surface area contributed by atoms with Gasteiger partial charge in [-0.05, 0) is 48.6 Å². The van der Waals surface area contributed by atoms with Crippen LogP contribution in [0.4, 0.5) is 0 Å². The zero-order valence-electron chi connectivity index (χ0n) is 10.6. The number of carbonyl (C=O) groups is 1. The first-order valence-electron chi connectivity index (χ1n) is 6.21. The number of carboxylic acids is 1. The van der Waals surface area contributed by atoms with Crippen molar-refractivity contribution in [3.8, 4) is 0 Å². The molecule has 5 heteroatoms. The molecule has 0 radical (unpaired) electrons. The number of hydrogen-bond donors (Lipinski definition) is 1. The molecule has 0 fully saturated rings. The van der Waals surface area contributed by atoms with Gasteiger partial charge in [0.15, 0.2) is 0 Å². The summed E-state index contributed by atoms with van der Waals surface area (Å²) in [5.41, 5.74) is 4.90. The van der Waals surface area contributed by atoms with Gasteiger partial charge in [-0.2, -0.15) is 0 Å². The van der Waals surface area contributed by atoms with Crippen molar-refractivity contribution in [2.75, 3.05) is 0 Å². The van der Waals surface area contributed by atoms with Crippen LogP contribution in [0.25, 0.3) is 11.3 Å². The minimum absolute atomic E-state index is 0. The molecule has 0 spiro atoms. The van der Waals surface area contributed by atoms with Crippen molar-refractivity contribution in [3.05, 3.63) is 53.6 Å². The van der Waals surface area contributed by atoms with E-state index in [4.69, 9.17) is 5.11 Å². The van der Waals surface area contributed by atoms with E-state index in [0.717, 1.165) is 24.0 Å². The number of hydrogen-bond acceptors (Lipinski definition) is 2. The number of rotatable bonds is 2. The molecule has 1 aliphatic rings.